The van der Waals surface area contributed by atoms with Crippen LogP contribution in [0.1, 0.15) is 15.9 Å². The van der Waals surface area contributed by atoms with E-state index in [1.165, 1.54) is 12.4 Å². The highest BCUT2D eigenvalue weighted by Crippen LogP contribution is 2.17. The minimum Gasteiger partial charge on any atom is -0.319 e. The maximum absolute atomic E-state index is 13.6. The van der Waals surface area contributed by atoms with Gasteiger partial charge in [-0.25, -0.2) is 18.7 Å². The number of aryl methyl sites for hydroxylation is 1. The monoisotopic (exact) mass is 325 g/mol. The number of hydrogen-bond acceptors (Lipinski definition) is 3. The lowest BCUT2D eigenvalue weighted by Gasteiger charge is -2.07. The Morgan fingerprint density at radius 1 is 1.00 bits per heavy atom. The molecule has 0 radical (unpaired) electrons. The maximum atomic E-state index is 13.6. The number of nitrogens with zero attached hydrogens (tertiary/aromatic N) is 2. The van der Waals surface area contributed by atoms with Gasteiger partial charge in [0.2, 0.25) is 0 Å². The molecular formula is C18H13F2N3O. The molecule has 2 aromatic carbocycles. The Morgan fingerprint density at radius 2 is 1.67 bits per heavy atom. The Hall–Kier alpha value is -3.15. The van der Waals surface area contributed by atoms with Crippen LogP contribution in [0.3, 0.4) is 0 Å². The van der Waals surface area contributed by atoms with Crippen LogP contribution in [-0.4, -0.2) is 15.9 Å². The summed E-state index contributed by atoms with van der Waals surface area (Å²) in [6, 6.07) is 10.4. The normalized spacial score (nSPS) is 10.5. The van der Waals surface area contributed by atoms with Gasteiger partial charge in [-0.2, -0.15) is 0 Å². The molecule has 3 rings (SSSR count). The van der Waals surface area contributed by atoms with Gasteiger partial charge in [0, 0.05) is 5.56 Å². The predicted octanol–water partition coefficient (Wildman–Crippen LogP) is 3.98. The second kappa shape index (κ2) is 6.54. The van der Waals surface area contributed by atoms with E-state index in [1.54, 1.807) is 0 Å². The first-order valence-corrected chi connectivity index (χ1v) is 7.18. The van der Waals surface area contributed by atoms with E-state index in [4.69, 9.17) is 0 Å². The van der Waals surface area contributed by atoms with E-state index >= 15 is 0 Å². The average molecular weight is 325 g/mol. The van der Waals surface area contributed by atoms with Crippen molar-refractivity contribution in [3.8, 4) is 11.4 Å². The molecule has 0 fully saturated rings. The van der Waals surface area contributed by atoms with Crippen molar-refractivity contribution in [1.29, 1.82) is 0 Å². The van der Waals surface area contributed by atoms with E-state index < -0.39 is 17.5 Å². The molecule has 0 spiro atoms. The number of benzene rings is 2. The molecule has 1 amide bonds. The third-order valence-electron chi connectivity index (χ3n) is 3.39. The Morgan fingerprint density at radius 3 is 2.33 bits per heavy atom. The van der Waals surface area contributed by atoms with Crippen molar-refractivity contribution in [1.82, 2.24) is 9.97 Å². The number of anilines is 1. The van der Waals surface area contributed by atoms with Gasteiger partial charge in [-0.1, -0.05) is 29.8 Å². The quantitative estimate of drug-likeness (QED) is 0.792. The minimum atomic E-state index is -0.800. The molecule has 0 unspecified atom stereocenters. The Kier molecular flexibility index (Phi) is 4.29. The van der Waals surface area contributed by atoms with E-state index in [9.17, 15) is 13.6 Å². The van der Waals surface area contributed by atoms with Crippen molar-refractivity contribution in [2.45, 2.75) is 6.92 Å². The third-order valence-corrected chi connectivity index (χ3v) is 3.39. The molecule has 3 aromatic rings. The molecule has 0 aliphatic rings. The van der Waals surface area contributed by atoms with Gasteiger partial charge in [-0.05, 0) is 25.1 Å². The average Bonchev–Trinajstić information content (AvgIpc) is 2.58. The fraction of sp³-hybridized carbons (Fsp3) is 0.0556. The molecule has 24 heavy (non-hydrogen) atoms. The van der Waals surface area contributed by atoms with Crippen LogP contribution in [0.2, 0.25) is 0 Å². The van der Waals surface area contributed by atoms with Gasteiger partial charge in [0.25, 0.3) is 5.91 Å². The Balaban J connectivity index is 1.77. The van der Waals surface area contributed by atoms with Crippen LogP contribution in [0.4, 0.5) is 14.5 Å². The van der Waals surface area contributed by atoms with Gasteiger partial charge in [-0.3, -0.25) is 4.79 Å². The number of hydrogen-bond donors (Lipinski definition) is 1. The fourth-order valence-electron chi connectivity index (χ4n) is 2.11. The topological polar surface area (TPSA) is 54.9 Å². The molecule has 1 aromatic heterocycles. The lowest BCUT2D eigenvalue weighted by molar-refractivity contribution is 0.102. The number of amides is 1. The number of carbonyl (C=O) groups is 1. The van der Waals surface area contributed by atoms with Gasteiger partial charge >= 0.3 is 0 Å². The van der Waals surface area contributed by atoms with Crippen molar-refractivity contribution in [2.75, 3.05) is 5.32 Å². The van der Waals surface area contributed by atoms with E-state index in [1.807, 2.05) is 31.2 Å². The van der Waals surface area contributed by atoms with Crippen LogP contribution in [0.25, 0.3) is 11.4 Å². The van der Waals surface area contributed by atoms with Crippen LogP contribution in [0, 0.1) is 18.6 Å². The van der Waals surface area contributed by atoms with Crippen LogP contribution < -0.4 is 5.32 Å². The summed E-state index contributed by atoms with van der Waals surface area (Å²) in [5.74, 6) is -1.75. The van der Waals surface area contributed by atoms with E-state index in [0.717, 1.165) is 29.3 Å². The lowest BCUT2D eigenvalue weighted by atomic mass is 10.1. The predicted molar refractivity (Wildman–Crippen MR) is 86.5 cm³/mol. The van der Waals surface area contributed by atoms with Crippen LogP contribution in [-0.2, 0) is 0 Å². The van der Waals surface area contributed by atoms with Gasteiger partial charge in [-0.15, -0.1) is 0 Å². The lowest BCUT2D eigenvalue weighted by Crippen LogP contribution is -2.14. The smallest absolute Gasteiger partial charge is 0.258 e. The molecule has 120 valence electrons. The first-order chi connectivity index (χ1) is 11.5. The van der Waals surface area contributed by atoms with Crippen LogP contribution in [0.15, 0.2) is 54.9 Å². The van der Waals surface area contributed by atoms with Gasteiger partial charge in [0.15, 0.2) is 5.82 Å². The number of aromatic nitrogens is 2. The van der Waals surface area contributed by atoms with Gasteiger partial charge < -0.3 is 5.32 Å². The van der Waals surface area contributed by atoms with Gasteiger partial charge in [0.1, 0.15) is 11.6 Å². The van der Waals surface area contributed by atoms with Crippen molar-refractivity contribution < 1.29 is 13.6 Å². The van der Waals surface area contributed by atoms with Crippen molar-refractivity contribution in [3.63, 3.8) is 0 Å². The highest BCUT2D eigenvalue weighted by atomic mass is 19.1. The zero-order chi connectivity index (χ0) is 17.1. The summed E-state index contributed by atoms with van der Waals surface area (Å²) in [4.78, 5) is 20.3. The zero-order valence-electron chi connectivity index (χ0n) is 12.8. The first kappa shape index (κ1) is 15.7. The summed E-state index contributed by atoms with van der Waals surface area (Å²) < 4.78 is 26.7. The van der Waals surface area contributed by atoms with Crippen molar-refractivity contribution in [3.05, 3.63) is 77.6 Å². The molecule has 0 atom stereocenters. The second-order valence-corrected chi connectivity index (χ2v) is 5.24. The number of nitrogens with one attached hydrogen (secondary N) is 1. The van der Waals surface area contributed by atoms with Crippen molar-refractivity contribution in [2.24, 2.45) is 0 Å². The molecule has 0 saturated heterocycles. The van der Waals surface area contributed by atoms with Crippen LogP contribution in [0.5, 0.6) is 0 Å². The molecule has 0 saturated carbocycles. The summed E-state index contributed by atoms with van der Waals surface area (Å²) in [6.45, 7) is 1.98. The van der Waals surface area contributed by atoms with Crippen molar-refractivity contribution >= 4 is 11.6 Å². The van der Waals surface area contributed by atoms with E-state index in [2.05, 4.69) is 15.3 Å². The second-order valence-electron chi connectivity index (χ2n) is 5.24. The third kappa shape index (κ3) is 3.43. The molecular weight excluding hydrogens is 312 g/mol. The molecule has 0 aliphatic carbocycles. The number of rotatable bonds is 3. The van der Waals surface area contributed by atoms with E-state index in [-0.39, 0.29) is 5.56 Å². The molecule has 0 aliphatic heterocycles. The summed E-state index contributed by atoms with van der Waals surface area (Å²) in [5, 5.41) is 2.44. The van der Waals surface area contributed by atoms with Crippen LogP contribution >= 0.6 is 0 Å². The van der Waals surface area contributed by atoms with E-state index in [0.29, 0.717) is 11.5 Å². The number of halogens is 2. The minimum absolute atomic E-state index is 0.291. The fourth-order valence-corrected chi connectivity index (χ4v) is 2.11. The summed E-state index contributed by atoms with van der Waals surface area (Å²) in [6.07, 6.45) is 2.83. The first-order valence-electron chi connectivity index (χ1n) is 7.18. The molecule has 1 heterocycles. The molecule has 6 heteroatoms. The molecule has 4 nitrogen and oxygen atoms in total. The Labute approximate surface area is 137 Å². The highest BCUT2D eigenvalue weighted by molar-refractivity contribution is 6.04. The Bertz CT molecular complexity index is 878. The SMILES string of the molecule is Cc1ccc(-c2ncc(NC(=O)c3cc(F)ccc3F)cn2)cc1. The van der Waals surface area contributed by atoms with Gasteiger partial charge in [0.05, 0.1) is 23.6 Å². The maximum Gasteiger partial charge on any atom is 0.258 e. The summed E-state index contributed by atoms with van der Waals surface area (Å²) in [5.41, 5.74) is 1.88. The summed E-state index contributed by atoms with van der Waals surface area (Å²) >= 11 is 0. The summed E-state index contributed by atoms with van der Waals surface area (Å²) in [7, 11) is 0. The molecule has 0 bridgehead atoms. The standard InChI is InChI=1S/C18H13F2N3O/c1-11-2-4-12(5-3-11)17-21-9-14(10-22-17)23-18(24)15-8-13(19)6-7-16(15)20/h2-10H,1H3,(H,23,24). The zero-order valence-corrected chi connectivity index (χ0v) is 12.8. The largest absolute Gasteiger partial charge is 0.319 e. The molecule has 1 N–H and O–H groups in total. The number of carbonyl (C=O) groups excluding carboxylic acids is 1. The highest BCUT2D eigenvalue weighted by Gasteiger charge is 2.13.